The third kappa shape index (κ3) is 2.64. The fourth-order valence-corrected chi connectivity index (χ4v) is 2.50. The van der Waals surface area contributed by atoms with E-state index in [9.17, 15) is 0 Å². The third-order valence-corrected chi connectivity index (χ3v) is 3.60. The Kier molecular flexibility index (Phi) is 3.42. The third-order valence-electron chi connectivity index (χ3n) is 3.60. The standard InChI is InChI=1S/C16H16O6/c1-3-13-15(21-9-19-13)7-11(1)17-5-6-18-12-2-4-14-16(8-12)22-10-20-14/h1,3,7-8H,2,4-6,9-10H2. The van der Waals surface area contributed by atoms with Gasteiger partial charge in [-0.2, -0.15) is 0 Å². The SMILES string of the molecule is C1=C(OCCOc2ccc3c(c2)OCO3)CCC2=C1OCO2. The normalized spacial score (nSPS) is 18.3. The van der Waals surface area contributed by atoms with Crippen LogP contribution in [0.15, 0.2) is 41.6 Å². The fourth-order valence-electron chi connectivity index (χ4n) is 2.50. The molecule has 1 aromatic rings. The zero-order chi connectivity index (χ0) is 14.8. The van der Waals surface area contributed by atoms with Gasteiger partial charge in [0.05, 0.1) is 0 Å². The molecule has 0 unspecified atom stereocenters. The molecule has 3 aliphatic rings. The summed E-state index contributed by atoms with van der Waals surface area (Å²) in [6, 6.07) is 5.52. The maximum atomic E-state index is 5.72. The molecule has 2 heterocycles. The van der Waals surface area contributed by atoms with Crippen molar-refractivity contribution in [1.82, 2.24) is 0 Å². The molecule has 0 spiro atoms. The molecule has 0 saturated carbocycles. The second kappa shape index (κ2) is 5.71. The minimum absolute atomic E-state index is 0.264. The smallest absolute Gasteiger partial charge is 0.231 e. The molecule has 0 aromatic heterocycles. The Hall–Kier alpha value is -2.50. The number of hydrogen-bond acceptors (Lipinski definition) is 6. The Morgan fingerprint density at radius 1 is 0.864 bits per heavy atom. The van der Waals surface area contributed by atoms with Gasteiger partial charge in [0.1, 0.15) is 30.5 Å². The topological polar surface area (TPSA) is 55.4 Å². The molecule has 0 N–H and O–H groups in total. The van der Waals surface area contributed by atoms with E-state index in [0.717, 1.165) is 41.6 Å². The van der Waals surface area contributed by atoms with E-state index in [0.29, 0.717) is 25.8 Å². The van der Waals surface area contributed by atoms with Gasteiger partial charge in [0.15, 0.2) is 17.3 Å². The van der Waals surface area contributed by atoms with Crippen LogP contribution in [0.3, 0.4) is 0 Å². The zero-order valence-electron chi connectivity index (χ0n) is 12.0. The average Bonchev–Trinajstić information content (AvgIpc) is 3.19. The highest BCUT2D eigenvalue weighted by Crippen LogP contribution is 2.35. The first-order valence-corrected chi connectivity index (χ1v) is 7.23. The molecule has 0 atom stereocenters. The largest absolute Gasteiger partial charge is 0.494 e. The highest BCUT2D eigenvalue weighted by molar-refractivity contribution is 5.46. The molecule has 2 aliphatic heterocycles. The maximum Gasteiger partial charge on any atom is 0.231 e. The summed E-state index contributed by atoms with van der Waals surface area (Å²) < 4.78 is 32.6. The summed E-state index contributed by atoms with van der Waals surface area (Å²) in [4.78, 5) is 0. The predicted molar refractivity (Wildman–Crippen MR) is 75.4 cm³/mol. The van der Waals surface area contributed by atoms with E-state index in [-0.39, 0.29) is 6.79 Å². The van der Waals surface area contributed by atoms with Gasteiger partial charge >= 0.3 is 0 Å². The van der Waals surface area contributed by atoms with Gasteiger partial charge in [-0.25, -0.2) is 0 Å². The molecule has 0 radical (unpaired) electrons. The van der Waals surface area contributed by atoms with Crippen LogP contribution in [0.5, 0.6) is 17.2 Å². The molecule has 0 saturated heterocycles. The van der Waals surface area contributed by atoms with Crippen molar-refractivity contribution >= 4 is 0 Å². The van der Waals surface area contributed by atoms with Crippen molar-refractivity contribution < 1.29 is 28.4 Å². The van der Waals surface area contributed by atoms with Crippen molar-refractivity contribution in [3.63, 3.8) is 0 Å². The summed E-state index contributed by atoms with van der Waals surface area (Å²) in [6.07, 6.45) is 3.54. The fraction of sp³-hybridized carbons (Fsp3) is 0.375. The molecule has 0 bridgehead atoms. The number of ether oxygens (including phenoxy) is 6. The number of fused-ring (bicyclic) bond motifs is 1. The van der Waals surface area contributed by atoms with Gasteiger partial charge in [0, 0.05) is 25.0 Å². The van der Waals surface area contributed by atoms with E-state index in [1.54, 1.807) is 0 Å². The summed E-state index contributed by atoms with van der Waals surface area (Å²) >= 11 is 0. The van der Waals surface area contributed by atoms with Crippen LogP contribution in [0, 0.1) is 0 Å². The lowest BCUT2D eigenvalue weighted by atomic mass is 10.1. The second-order valence-electron chi connectivity index (χ2n) is 5.02. The van der Waals surface area contributed by atoms with Crippen molar-refractivity contribution in [2.24, 2.45) is 0 Å². The number of rotatable bonds is 5. The summed E-state index contributed by atoms with van der Waals surface area (Å²) in [7, 11) is 0. The summed E-state index contributed by atoms with van der Waals surface area (Å²) in [5.74, 6) is 4.81. The lowest BCUT2D eigenvalue weighted by Crippen LogP contribution is -2.08. The van der Waals surface area contributed by atoms with E-state index >= 15 is 0 Å². The summed E-state index contributed by atoms with van der Waals surface area (Å²) in [6.45, 7) is 1.51. The monoisotopic (exact) mass is 304 g/mol. The zero-order valence-corrected chi connectivity index (χ0v) is 12.0. The number of benzene rings is 1. The summed E-state index contributed by atoms with van der Waals surface area (Å²) in [5.41, 5.74) is 0. The summed E-state index contributed by atoms with van der Waals surface area (Å²) in [5, 5.41) is 0. The molecule has 6 nitrogen and oxygen atoms in total. The molecule has 1 aliphatic carbocycles. The molecule has 4 rings (SSSR count). The predicted octanol–water partition coefficient (Wildman–Crippen LogP) is 2.70. The van der Waals surface area contributed by atoms with Gasteiger partial charge in [0.2, 0.25) is 13.6 Å². The van der Waals surface area contributed by atoms with Crippen molar-refractivity contribution in [2.75, 3.05) is 26.8 Å². The molecule has 1 aromatic carbocycles. The van der Waals surface area contributed by atoms with Crippen LogP contribution in [0.25, 0.3) is 0 Å². The minimum Gasteiger partial charge on any atom is -0.494 e. The van der Waals surface area contributed by atoms with Crippen LogP contribution in [0.2, 0.25) is 0 Å². The first-order chi connectivity index (χ1) is 10.9. The molecular formula is C16H16O6. The van der Waals surface area contributed by atoms with E-state index in [4.69, 9.17) is 28.4 Å². The van der Waals surface area contributed by atoms with E-state index in [1.807, 2.05) is 24.3 Å². The van der Waals surface area contributed by atoms with Crippen molar-refractivity contribution in [1.29, 1.82) is 0 Å². The van der Waals surface area contributed by atoms with Gasteiger partial charge in [0.25, 0.3) is 0 Å². The Morgan fingerprint density at radius 2 is 1.73 bits per heavy atom. The Morgan fingerprint density at radius 3 is 2.73 bits per heavy atom. The van der Waals surface area contributed by atoms with E-state index < -0.39 is 0 Å². The number of allylic oxidation sites excluding steroid dienone is 3. The lowest BCUT2D eigenvalue weighted by molar-refractivity contribution is 0.0729. The first-order valence-electron chi connectivity index (χ1n) is 7.23. The molecule has 6 heteroatoms. The quantitative estimate of drug-likeness (QED) is 0.780. The molecule has 116 valence electrons. The molecule has 0 fully saturated rings. The van der Waals surface area contributed by atoms with Gasteiger partial charge in [-0.05, 0) is 12.1 Å². The van der Waals surface area contributed by atoms with E-state index in [2.05, 4.69) is 0 Å². The van der Waals surface area contributed by atoms with Crippen LogP contribution in [-0.2, 0) is 14.2 Å². The van der Waals surface area contributed by atoms with Gasteiger partial charge in [-0.1, -0.05) is 0 Å². The molecule has 0 amide bonds. The van der Waals surface area contributed by atoms with Crippen LogP contribution in [0.4, 0.5) is 0 Å². The van der Waals surface area contributed by atoms with Gasteiger partial charge in [-0.15, -0.1) is 0 Å². The highest BCUT2D eigenvalue weighted by Gasteiger charge is 2.21. The second-order valence-corrected chi connectivity index (χ2v) is 5.02. The molecule has 22 heavy (non-hydrogen) atoms. The van der Waals surface area contributed by atoms with Gasteiger partial charge < -0.3 is 28.4 Å². The van der Waals surface area contributed by atoms with Crippen molar-refractivity contribution in [3.8, 4) is 17.2 Å². The van der Waals surface area contributed by atoms with Crippen molar-refractivity contribution in [2.45, 2.75) is 12.8 Å². The van der Waals surface area contributed by atoms with Crippen molar-refractivity contribution in [3.05, 3.63) is 41.6 Å². The van der Waals surface area contributed by atoms with Crippen LogP contribution in [-0.4, -0.2) is 26.8 Å². The average molecular weight is 304 g/mol. The van der Waals surface area contributed by atoms with E-state index in [1.165, 1.54) is 0 Å². The van der Waals surface area contributed by atoms with Crippen LogP contribution < -0.4 is 14.2 Å². The lowest BCUT2D eigenvalue weighted by Gasteiger charge is -2.14. The minimum atomic E-state index is 0.264. The Balaban J connectivity index is 1.26. The number of hydrogen-bond donors (Lipinski definition) is 0. The first kappa shape index (κ1) is 13.2. The van der Waals surface area contributed by atoms with Crippen LogP contribution in [0.1, 0.15) is 12.8 Å². The molecular weight excluding hydrogens is 288 g/mol. The maximum absolute atomic E-state index is 5.72. The highest BCUT2D eigenvalue weighted by atomic mass is 16.7. The van der Waals surface area contributed by atoms with Crippen LogP contribution >= 0.6 is 0 Å². The Bertz CT molecular complexity index is 634. The van der Waals surface area contributed by atoms with Gasteiger partial charge in [-0.3, -0.25) is 0 Å². The Labute approximate surface area is 127 Å².